The van der Waals surface area contributed by atoms with Gasteiger partial charge < -0.3 is 10.6 Å². The molecule has 0 unspecified atom stereocenters. The summed E-state index contributed by atoms with van der Waals surface area (Å²) in [5.41, 5.74) is 7.09. The summed E-state index contributed by atoms with van der Waals surface area (Å²) < 4.78 is 37.5. The largest absolute Gasteiger partial charge is 0.406 e. The predicted octanol–water partition coefficient (Wildman–Crippen LogP) is 2.74. The van der Waals surface area contributed by atoms with E-state index < -0.39 is 18.6 Å². The molecule has 1 aromatic carbocycles. The maximum Gasteiger partial charge on any atom is 0.406 e. The standard InChI is InChI=1S/C13H15F3N2O/c1-8-6-9(2-5-11(8)17)12(19)18(10-3-4-10)7-13(14,15)16/h2,5-6,10H,3-4,7,17H2,1H3. The minimum atomic E-state index is -4.37. The average molecular weight is 272 g/mol. The number of halogens is 3. The molecule has 2 N–H and O–H groups in total. The molecule has 2 rings (SSSR count). The third kappa shape index (κ3) is 3.39. The summed E-state index contributed by atoms with van der Waals surface area (Å²) in [6.45, 7) is 0.525. The Morgan fingerprint density at radius 3 is 2.53 bits per heavy atom. The summed E-state index contributed by atoms with van der Waals surface area (Å²) >= 11 is 0. The Hall–Kier alpha value is -1.72. The van der Waals surface area contributed by atoms with Crippen LogP contribution in [0.25, 0.3) is 0 Å². The normalized spacial score (nSPS) is 15.4. The van der Waals surface area contributed by atoms with Gasteiger partial charge in [-0.1, -0.05) is 0 Å². The first-order valence-corrected chi connectivity index (χ1v) is 6.02. The molecule has 3 nitrogen and oxygen atoms in total. The first-order valence-electron chi connectivity index (χ1n) is 6.02. The van der Waals surface area contributed by atoms with Crippen molar-refractivity contribution in [2.45, 2.75) is 32.0 Å². The highest BCUT2D eigenvalue weighted by Gasteiger charge is 2.40. The summed E-state index contributed by atoms with van der Waals surface area (Å²) in [6, 6.07) is 4.26. The van der Waals surface area contributed by atoms with Crippen LogP contribution in [0.3, 0.4) is 0 Å². The van der Waals surface area contributed by atoms with Gasteiger partial charge >= 0.3 is 6.18 Å². The first kappa shape index (κ1) is 13.7. The van der Waals surface area contributed by atoms with Crippen molar-refractivity contribution in [2.75, 3.05) is 12.3 Å². The van der Waals surface area contributed by atoms with E-state index in [1.807, 2.05) is 0 Å². The summed E-state index contributed by atoms with van der Waals surface area (Å²) in [5.74, 6) is -0.581. The second kappa shape index (κ2) is 4.75. The lowest BCUT2D eigenvalue weighted by Gasteiger charge is -2.24. The van der Waals surface area contributed by atoms with E-state index in [0.29, 0.717) is 24.1 Å². The number of nitrogen functional groups attached to an aromatic ring is 1. The molecule has 0 saturated heterocycles. The van der Waals surface area contributed by atoms with Crippen LogP contribution in [0.15, 0.2) is 18.2 Å². The zero-order valence-corrected chi connectivity index (χ0v) is 10.5. The number of hydrogen-bond acceptors (Lipinski definition) is 2. The van der Waals surface area contributed by atoms with Crippen LogP contribution in [0.1, 0.15) is 28.8 Å². The summed E-state index contributed by atoms with van der Waals surface area (Å²) in [5, 5.41) is 0. The van der Waals surface area contributed by atoms with Crippen LogP contribution >= 0.6 is 0 Å². The zero-order chi connectivity index (χ0) is 14.2. The third-order valence-electron chi connectivity index (χ3n) is 3.11. The van der Waals surface area contributed by atoms with E-state index in [-0.39, 0.29) is 11.6 Å². The Morgan fingerprint density at radius 2 is 2.05 bits per heavy atom. The van der Waals surface area contributed by atoms with E-state index in [9.17, 15) is 18.0 Å². The third-order valence-corrected chi connectivity index (χ3v) is 3.11. The van der Waals surface area contributed by atoms with Gasteiger partial charge in [-0.3, -0.25) is 4.79 Å². The quantitative estimate of drug-likeness (QED) is 0.860. The predicted molar refractivity (Wildman–Crippen MR) is 65.7 cm³/mol. The fourth-order valence-corrected chi connectivity index (χ4v) is 1.92. The van der Waals surface area contributed by atoms with Crippen LogP contribution < -0.4 is 5.73 Å². The van der Waals surface area contributed by atoms with Gasteiger partial charge in [-0.2, -0.15) is 13.2 Å². The molecule has 1 aromatic rings. The number of nitrogens with zero attached hydrogens (tertiary/aromatic N) is 1. The maximum atomic E-state index is 12.5. The highest BCUT2D eigenvalue weighted by Crippen LogP contribution is 2.31. The van der Waals surface area contributed by atoms with E-state index in [4.69, 9.17) is 5.73 Å². The molecule has 0 aromatic heterocycles. The number of aryl methyl sites for hydroxylation is 1. The van der Waals surface area contributed by atoms with Crippen LogP contribution in [0.2, 0.25) is 0 Å². The number of carbonyl (C=O) groups excluding carboxylic acids is 1. The molecule has 0 radical (unpaired) electrons. The Balaban J connectivity index is 2.21. The molecule has 0 atom stereocenters. The minimum absolute atomic E-state index is 0.253. The maximum absolute atomic E-state index is 12.5. The van der Waals surface area contributed by atoms with Crippen molar-refractivity contribution in [3.8, 4) is 0 Å². The Morgan fingerprint density at radius 1 is 1.42 bits per heavy atom. The number of rotatable bonds is 3. The Bertz CT molecular complexity index is 495. The smallest absolute Gasteiger partial charge is 0.399 e. The fraction of sp³-hybridized carbons (Fsp3) is 0.462. The van der Waals surface area contributed by atoms with Crippen LogP contribution in [0.4, 0.5) is 18.9 Å². The summed E-state index contributed by atoms with van der Waals surface area (Å²) in [7, 11) is 0. The Labute approximate surface area is 109 Å². The van der Waals surface area contributed by atoms with Crippen molar-refractivity contribution in [3.05, 3.63) is 29.3 Å². The van der Waals surface area contributed by atoms with Crippen LogP contribution in [0.5, 0.6) is 0 Å². The van der Waals surface area contributed by atoms with Crippen molar-refractivity contribution >= 4 is 11.6 Å². The molecular formula is C13H15F3N2O. The number of alkyl halides is 3. The van der Waals surface area contributed by atoms with Crippen molar-refractivity contribution < 1.29 is 18.0 Å². The van der Waals surface area contributed by atoms with Crippen molar-refractivity contribution in [3.63, 3.8) is 0 Å². The highest BCUT2D eigenvalue weighted by atomic mass is 19.4. The lowest BCUT2D eigenvalue weighted by molar-refractivity contribution is -0.141. The molecule has 104 valence electrons. The Kier molecular flexibility index (Phi) is 3.43. The van der Waals surface area contributed by atoms with E-state index in [1.54, 1.807) is 13.0 Å². The number of amides is 1. The fourth-order valence-electron chi connectivity index (χ4n) is 1.92. The van der Waals surface area contributed by atoms with E-state index >= 15 is 0 Å². The molecular weight excluding hydrogens is 257 g/mol. The monoisotopic (exact) mass is 272 g/mol. The molecule has 6 heteroatoms. The van der Waals surface area contributed by atoms with Gasteiger partial charge in [0.2, 0.25) is 0 Å². The summed E-state index contributed by atoms with van der Waals surface area (Å²) in [4.78, 5) is 13.1. The van der Waals surface area contributed by atoms with Crippen LogP contribution in [-0.4, -0.2) is 29.6 Å². The molecule has 19 heavy (non-hydrogen) atoms. The van der Waals surface area contributed by atoms with E-state index in [0.717, 1.165) is 4.90 Å². The van der Waals surface area contributed by atoms with E-state index in [2.05, 4.69) is 0 Å². The number of nitrogens with two attached hydrogens (primary N) is 1. The molecule has 1 aliphatic carbocycles. The number of benzene rings is 1. The van der Waals surface area contributed by atoms with Gasteiger partial charge in [0, 0.05) is 17.3 Å². The van der Waals surface area contributed by atoms with Crippen molar-refractivity contribution in [1.29, 1.82) is 0 Å². The van der Waals surface area contributed by atoms with Gasteiger partial charge in [0.05, 0.1) is 0 Å². The molecule has 0 heterocycles. The first-order chi connectivity index (χ1) is 8.78. The minimum Gasteiger partial charge on any atom is -0.399 e. The number of carbonyl (C=O) groups is 1. The molecule has 0 spiro atoms. The second-order valence-corrected chi connectivity index (χ2v) is 4.85. The van der Waals surface area contributed by atoms with Gasteiger partial charge in [0.15, 0.2) is 0 Å². The topological polar surface area (TPSA) is 46.3 Å². The van der Waals surface area contributed by atoms with Gasteiger partial charge in [-0.15, -0.1) is 0 Å². The van der Waals surface area contributed by atoms with Gasteiger partial charge in [0.1, 0.15) is 6.54 Å². The van der Waals surface area contributed by atoms with Crippen molar-refractivity contribution in [1.82, 2.24) is 4.90 Å². The van der Waals surface area contributed by atoms with Gasteiger partial charge in [-0.05, 0) is 43.5 Å². The lowest BCUT2D eigenvalue weighted by Crippen LogP contribution is -2.40. The molecule has 1 aliphatic rings. The van der Waals surface area contributed by atoms with Crippen molar-refractivity contribution in [2.24, 2.45) is 0 Å². The SMILES string of the molecule is Cc1cc(C(=O)N(CC(F)(F)F)C2CC2)ccc1N. The molecule has 1 fully saturated rings. The number of hydrogen-bond donors (Lipinski definition) is 1. The van der Waals surface area contributed by atoms with Crippen LogP contribution in [0, 0.1) is 6.92 Å². The number of anilines is 1. The lowest BCUT2D eigenvalue weighted by atomic mass is 10.1. The summed E-state index contributed by atoms with van der Waals surface area (Å²) in [6.07, 6.45) is -3.10. The molecule has 1 saturated carbocycles. The molecule has 1 amide bonds. The van der Waals surface area contributed by atoms with Gasteiger partial charge in [-0.25, -0.2) is 0 Å². The zero-order valence-electron chi connectivity index (χ0n) is 10.5. The highest BCUT2D eigenvalue weighted by molar-refractivity contribution is 5.95. The van der Waals surface area contributed by atoms with Gasteiger partial charge in [0.25, 0.3) is 5.91 Å². The second-order valence-electron chi connectivity index (χ2n) is 4.85. The van der Waals surface area contributed by atoms with Crippen LogP contribution in [-0.2, 0) is 0 Å². The average Bonchev–Trinajstić information content (AvgIpc) is 3.11. The molecule has 0 bridgehead atoms. The van der Waals surface area contributed by atoms with E-state index in [1.165, 1.54) is 12.1 Å². The molecule has 0 aliphatic heterocycles.